The molecule has 6 nitrogen and oxygen atoms in total. The molecule has 0 aliphatic carbocycles. The summed E-state index contributed by atoms with van der Waals surface area (Å²) in [4.78, 5) is 18.3. The van der Waals surface area contributed by atoms with Crippen LogP contribution in [0.2, 0.25) is 0 Å². The van der Waals surface area contributed by atoms with Gasteiger partial charge in [-0.3, -0.25) is 9.69 Å². The number of H-pyrrole nitrogens is 1. The number of Topliss-reactive ketones (excluding diaryl/α,β-unsaturated/α-hetero) is 1. The molecule has 2 heterocycles. The summed E-state index contributed by atoms with van der Waals surface area (Å²) in [5.41, 5.74) is 3.32. The van der Waals surface area contributed by atoms with Crippen molar-refractivity contribution in [2.24, 2.45) is 0 Å². The molecule has 4 rings (SSSR count). The molecule has 1 fully saturated rings. The molecule has 1 aromatic heterocycles. The zero-order chi connectivity index (χ0) is 20.6. The lowest BCUT2D eigenvalue weighted by Gasteiger charge is -2.33. The van der Waals surface area contributed by atoms with Gasteiger partial charge in [0.15, 0.2) is 5.78 Å². The third kappa shape index (κ3) is 3.85. The van der Waals surface area contributed by atoms with Gasteiger partial charge in [0.1, 0.15) is 0 Å². The molecule has 1 saturated heterocycles. The first-order valence-electron chi connectivity index (χ1n) is 9.75. The monoisotopic (exact) mass is 411 g/mol. The second-order valence-electron chi connectivity index (χ2n) is 7.62. The summed E-state index contributed by atoms with van der Waals surface area (Å²) in [5.74, 6) is 0.0493. The van der Waals surface area contributed by atoms with Gasteiger partial charge in [-0.25, -0.2) is 8.42 Å². The molecule has 0 amide bonds. The molecule has 3 aromatic rings. The zero-order valence-electron chi connectivity index (χ0n) is 16.7. The first-order valence-corrected chi connectivity index (χ1v) is 11.2. The van der Waals surface area contributed by atoms with E-state index in [0.717, 1.165) is 22.0 Å². The molecule has 0 atom stereocenters. The minimum Gasteiger partial charge on any atom is -0.360 e. The normalized spacial score (nSPS) is 16.3. The van der Waals surface area contributed by atoms with E-state index in [9.17, 15) is 13.2 Å². The van der Waals surface area contributed by atoms with Gasteiger partial charge in [0.25, 0.3) is 0 Å². The number of hydrogen-bond donors (Lipinski definition) is 1. The standard InChI is InChI=1S/C22H25N3O3S/c1-16-7-8-17(2)22(13-16)29(27,28)25-11-9-24(10-12-25)15-21(26)19-14-23-20-6-4-3-5-18(19)20/h3-8,13-14,23H,9-12,15H2,1-2H3. The summed E-state index contributed by atoms with van der Waals surface area (Å²) < 4.78 is 27.6. The van der Waals surface area contributed by atoms with E-state index in [-0.39, 0.29) is 5.78 Å². The lowest BCUT2D eigenvalue weighted by atomic mass is 10.1. The summed E-state index contributed by atoms with van der Waals surface area (Å²) in [7, 11) is -3.52. The average Bonchev–Trinajstić information content (AvgIpc) is 3.14. The third-order valence-electron chi connectivity index (χ3n) is 5.55. The number of ketones is 1. The van der Waals surface area contributed by atoms with Crippen LogP contribution in [0.4, 0.5) is 0 Å². The highest BCUT2D eigenvalue weighted by Gasteiger charge is 2.30. The number of nitrogens with zero attached hydrogens (tertiary/aromatic N) is 2. The number of carbonyl (C=O) groups excluding carboxylic acids is 1. The van der Waals surface area contributed by atoms with Crippen molar-refractivity contribution in [3.63, 3.8) is 0 Å². The molecule has 0 bridgehead atoms. The fourth-order valence-corrected chi connectivity index (χ4v) is 5.57. The van der Waals surface area contributed by atoms with Gasteiger partial charge >= 0.3 is 0 Å². The molecule has 152 valence electrons. The first kappa shape index (κ1) is 19.8. The number of aromatic amines is 1. The van der Waals surface area contributed by atoms with E-state index >= 15 is 0 Å². The molecule has 0 radical (unpaired) electrons. The maximum atomic E-state index is 13.1. The summed E-state index contributed by atoms with van der Waals surface area (Å²) >= 11 is 0. The van der Waals surface area contributed by atoms with Crippen LogP contribution in [-0.4, -0.2) is 61.1 Å². The molecular formula is C22H25N3O3S. The molecule has 1 aliphatic heterocycles. The van der Waals surface area contributed by atoms with Crippen LogP contribution < -0.4 is 0 Å². The number of carbonyl (C=O) groups is 1. The predicted molar refractivity (Wildman–Crippen MR) is 114 cm³/mol. The Morgan fingerprint density at radius 2 is 1.76 bits per heavy atom. The number of para-hydroxylation sites is 1. The molecular weight excluding hydrogens is 386 g/mol. The van der Waals surface area contributed by atoms with E-state index in [0.29, 0.717) is 43.2 Å². The van der Waals surface area contributed by atoms with E-state index in [1.807, 2.05) is 55.1 Å². The summed E-state index contributed by atoms with van der Waals surface area (Å²) in [5, 5.41) is 0.925. The zero-order valence-corrected chi connectivity index (χ0v) is 17.5. The number of nitrogens with one attached hydrogen (secondary N) is 1. The van der Waals surface area contributed by atoms with E-state index in [2.05, 4.69) is 4.98 Å². The number of sulfonamides is 1. The fourth-order valence-electron chi connectivity index (χ4n) is 3.84. The van der Waals surface area contributed by atoms with E-state index < -0.39 is 10.0 Å². The minimum atomic E-state index is -3.52. The Morgan fingerprint density at radius 1 is 1.03 bits per heavy atom. The van der Waals surface area contributed by atoms with Crippen molar-refractivity contribution < 1.29 is 13.2 Å². The number of piperazine rings is 1. The van der Waals surface area contributed by atoms with Gasteiger partial charge in [-0.1, -0.05) is 30.3 Å². The van der Waals surface area contributed by atoms with Gasteiger partial charge < -0.3 is 4.98 Å². The summed E-state index contributed by atoms with van der Waals surface area (Å²) in [6.07, 6.45) is 1.76. The van der Waals surface area contributed by atoms with E-state index in [4.69, 9.17) is 0 Å². The largest absolute Gasteiger partial charge is 0.360 e. The number of aromatic nitrogens is 1. The number of aryl methyl sites for hydroxylation is 2. The van der Waals surface area contributed by atoms with Crippen molar-refractivity contribution in [1.29, 1.82) is 0 Å². The Morgan fingerprint density at radius 3 is 2.52 bits per heavy atom. The predicted octanol–water partition coefficient (Wildman–Crippen LogP) is 2.97. The van der Waals surface area contributed by atoms with Crippen LogP contribution >= 0.6 is 0 Å². The molecule has 1 N–H and O–H groups in total. The van der Waals surface area contributed by atoms with Crippen LogP contribution in [-0.2, 0) is 10.0 Å². The maximum Gasteiger partial charge on any atom is 0.243 e. The minimum absolute atomic E-state index is 0.0493. The van der Waals surface area contributed by atoms with Crippen molar-refractivity contribution >= 4 is 26.7 Å². The maximum absolute atomic E-state index is 13.1. The molecule has 1 aliphatic rings. The van der Waals surface area contributed by atoms with Crippen molar-refractivity contribution in [2.75, 3.05) is 32.7 Å². The Bertz CT molecular complexity index is 1160. The Kier molecular flexibility index (Phi) is 5.29. The van der Waals surface area contributed by atoms with Crippen molar-refractivity contribution in [3.8, 4) is 0 Å². The number of fused-ring (bicyclic) bond motifs is 1. The van der Waals surface area contributed by atoms with Crippen LogP contribution in [0.3, 0.4) is 0 Å². The van der Waals surface area contributed by atoms with Crippen molar-refractivity contribution in [3.05, 3.63) is 65.4 Å². The van der Waals surface area contributed by atoms with Crippen LogP contribution in [0.5, 0.6) is 0 Å². The smallest absolute Gasteiger partial charge is 0.243 e. The van der Waals surface area contributed by atoms with Crippen LogP contribution in [0.15, 0.2) is 53.6 Å². The summed E-state index contributed by atoms with van der Waals surface area (Å²) in [6.45, 7) is 5.86. The van der Waals surface area contributed by atoms with E-state index in [1.54, 1.807) is 12.3 Å². The Balaban J connectivity index is 1.43. The Hall–Kier alpha value is -2.48. The van der Waals surface area contributed by atoms with Crippen LogP contribution in [0.25, 0.3) is 10.9 Å². The summed E-state index contributed by atoms with van der Waals surface area (Å²) in [6, 6.07) is 13.2. The second kappa shape index (κ2) is 7.74. The highest BCUT2D eigenvalue weighted by Crippen LogP contribution is 2.23. The van der Waals surface area contributed by atoms with Gasteiger partial charge in [0.2, 0.25) is 10.0 Å². The highest BCUT2D eigenvalue weighted by molar-refractivity contribution is 7.89. The van der Waals surface area contributed by atoms with E-state index in [1.165, 1.54) is 4.31 Å². The van der Waals surface area contributed by atoms with Gasteiger partial charge in [-0.05, 0) is 37.1 Å². The molecule has 0 unspecified atom stereocenters. The van der Waals surface area contributed by atoms with Crippen LogP contribution in [0.1, 0.15) is 21.5 Å². The second-order valence-corrected chi connectivity index (χ2v) is 9.53. The molecule has 2 aromatic carbocycles. The lowest BCUT2D eigenvalue weighted by molar-refractivity contribution is 0.0903. The van der Waals surface area contributed by atoms with Gasteiger partial charge in [0, 0.05) is 48.8 Å². The number of rotatable bonds is 5. The topological polar surface area (TPSA) is 73.5 Å². The Labute approximate surface area is 171 Å². The van der Waals surface area contributed by atoms with Gasteiger partial charge in [-0.15, -0.1) is 0 Å². The van der Waals surface area contributed by atoms with Gasteiger partial charge in [-0.2, -0.15) is 4.31 Å². The number of benzene rings is 2. The number of hydrogen-bond acceptors (Lipinski definition) is 4. The fraction of sp³-hybridized carbons (Fsp3) is 0.318. The van der Waals surface area contributed by atoms with Crippen LogP contribution in [0, 0.1) is 13.8 Å². The van der Waals surface area contributed by atoms with Crippen molar-refractivity contribution in [1.82, 2.24) is 14.2 Å². The lowest BCUT2D eigenvalue weighted by Crippen LogP contribution is -2.49. The molecule has 7 heteroatoms. The molecule has 0 saturated carbocycles. The SMILES string of the molecule is Cc1ccc(C)c(S(=O)(=O)N2CCN(CC(=O)c3c[nH]c4ccccc34)CC2)c1. The van der Waals surface area contributed by atoms with Crippen molar-refractivity contribution in [2.45, 2.75) is 18.7 Å². The molecule has 0 spiro atoms. The first-order chi connectivity index (χ1) is 13.9. The molecule has 29 heavy (non-hydrogen) atoms. The van der Waals surface area contributed by atoms with Gasteiger partial charge in [0.05, 0.1) is 11.4 Å². The average molecular weight is 412 g/mol. The third-order valence-corrected chi connectivity index (χ3v) is 7.59. The quantitative estimate of drug-likeness (QED) is 0.655. The highest BCUT2D eigenvalue weighted by atomic mass is 32.2.